The Labute approximate surface area is 83.9 Å². The smallest absolute Gasteiger partial charge is 0.108 e. The van der Waals surface area contributed by atoms with Gasteiger partial charge in [-0.15, -0.1) is 6.42 Å². The summed E-state index contributed by atoms with van der Waals surface area (Å²) in [5.74, 6) is 7.91. The lowest BCUT2D eigenvalue weighted by Crippen LogP contribution is -2.28. The van der Waals surface area contributed by atoms with Gasteiger partial charge >= 0.3 is 0 Å². The molecule has 0 aliphatic rings. The van der Waals surface area contributed by atoms with Crippen LogP contribution in [0.15, 0.2) is 6.07 Å². The summed E-state index contributed by atoms with van der Waals surface area (Å²) in [4.78, 5) is 0. The van der Waals surface area contributed by atoms with Gasteiger partial charge in [-0.2, -0.15) is 10.2 Å². The minimum atomic E-state index is -0.292. The molecule has 0 saturated carbocycles. The van der Waals surface area contributed by atoms with E-state index in [4.69, 9.17) is 12.3 Å². The van der Waals surface area contributed by atoms with E-state index in [9.17, 15) is 0 Å². The zero-order valence-corrected chi connectivity index (χ0v) is 8.41. The second kappa shape index (κ2) is 4.70. The van der Waals surface area contributed by atoms with E-state index in [1.165, 1.54) is 0 Å². The fourth-order valence-corrected chi connectivity index (χ4v) is 1.29. The first kappa shape index (κ1) is 10.6. The topological polar surface area (TPSA) is 63.8 Å². The van der Waals surface area contributed by atoms with Gasteiger partial charge in [0, 0.05) is 5.56 Å². The second-order valence-electron chi connectivity index (χ2n) is 3.01. The highest BCUT2D eigenvalue weighted by Crippen LogP contribution is 2.15. The second-order valence-corrected chi connectivity index (χ2v) is 3.01. The molecule has 1 heterocycles. The maximum Gasteiger partial charge on any atom is 0.108 e. The van der Waals surface area contributed by atoms with E-state index in [0.717, 1.165) is 23.4 Å². The third-order valence-corrected chi connectivity index (χ3v) is 2.01. The van der Waals surface area contributed by atoms with Gasteiger partial charge in [-0.3, -0.25) is 5.84 Å². The number of rotatable bonds is 3. The van der Waals surface area contributed by atoms with Crippen LogP contribution < -0.4 is 11.3 Å². The van der Waals surface area contributed by atoms with Gasteiger partial charge in [-0.05, 0) is 19.4 Å². The van der Waals surface area contributed by atoms with Crippen LogP contribution in [0.4, 0.5) is 0 Å². The normalized spacial score (nSPS) is 12.1. The number of terminal acetylenes is 1. The summed E-state index contributed by atoms with van der Waals surface area (Å²) in [5, 5.41) is 8.05. The quantitative estimate of drug-likeness (QED) is 0.413. The molecule has 3 N–H and O–H groups in total. The summed E-state index contributed by atoms with van der Waals surface area (Å²) in [7, 11) is 0. The van der Waals surface area contributed by atoms with Gasteiger partial charge in [-0.25, -0.2) is 5.43 Å². The average Bonchev–Trinajstić information content (AvgIpc) is 2.20. The molecule has 0 saturated heterocycles. The Hall–Kier alpha value is -1.44. The molecule has 0 aliphatic heterocycles. The van der Waals surface area contributed by atoms with E-state index in [1.54, 1.807) is 0 Å². The van der Waals surface area contributed by atoms with Crippen LogP contribution in [0, 0.1) is 19.3 Å². The first-order valence-electron chi connectivity index (χ1n) is 4.48. The van der Waals surface area contributed by atoms with Crippen LogP contribution in [0.3, 0.4) is 0 Å². The molecule has 0 aromatic carbocycles. The highest BCUT2D eigenvalue weighted by atomic mass is 15.2. The molecule has 0 amide bonds. The third kappa shape index (κ3) is 2.08. The van der Waals surface area contributed by atoms with Gasteiger partial charge in [0.05, 0.1) is 11.4 Å². The number of hydrazine groups is 1. The number of hydrogen-bond acceptors (Lipinski definition) is 4. The molecule has 1 unspecified atom stereocenters. The molecule has 0 radical (unpaired) electrons. The number of nitrogens with zero attached hydrogens (tertiary/aromatic N) is 2. The van der Waals surface area contributed by atoms with Crippen molar-refractivity contribution in [1.29, 1.82) is 0 Å². The molecule has 0 fully saturated rings. The Kier molecular flexibility index (Phi) is 3.57. The Balaban J connectivity index is 3.16. The predicted molar refractivity (Wildman–Crippen MR) is 55.0 cm³/mol. The molecular weight excluding hydrogens is 176 g/mol. The third-order valence-electron chi connectivity index (χ3n) is 2.01. The Bertz CT molecular complexity index is 354. The van der Waals surface area contributed by atoms with Gasteiger partial charge in [0.1, 0.15) is 6.04 Å². The van der Waals surface area contributed by atoms with Crippen molar-refractivity contribution < 1.29 is 0 Å². The fourth-order valence-electron chi connectivity index (χ4n) is 1.29. The number of aryl methyl sites for hydroxylation is 2. The van der Waals surface area contributed by atoms with Crippen molar-refractivity contribution in [3.63, 3.8) is 0 Å². The van der Waals surface area contributed by atoms with Crippen LogP contribution in [0.1, 0.15) is 29.9 Å². The monoisotopic (exact) mass is 190 g/mol. The summed E-state index contributed by atoms with van der Waals surface area (Å²) < 4.78 is 0. The first-order chi connectivity index (χ1) is 6.72. The van der Waals surface area contributed by atoms with Crippen molar-refractivity contribution in [1.82, 2.24) is 15.6 Å². The SMILES string of the molecule is C#CC(NN)c1cc(C)nnc1CC. The van der Waals surface area contributed by atoms with Crippen LogP contribution in [-0.2, 0) is 6.42 Å². The lowest BCUT2D eigenvalue weighted by atomic mass is 10.0. The van der Waals surface area contributed by atoms with E-state index in [0.29, 0.717) is 0 Å². The average molecular weight is 190 g/mol. The van der Waals surface area contributed by atoms with Crippen molar-refractivity contribution in [3.05, 3.63) is 23.0 Å². The number of hydrogen-bond donors (Lipinski definition) is 2. The summed E-state index contributed by atoms with van der Waals surface area (Å²) in [6.45, 7) is 3.88. The van der Waals surface area contributed by atoms with Crippen molar-refractivity contribution in [2.75, 3.05) is 0 Å². The minimum Gasteiger partial charge on any atom is -0.270 e. The molecule has 14 heavy (non-hydrogen) atoms. The molecule has 4 nitrogen and oxygen atoms in total. The van der Waals surface area contributed by atoms with Crippen LogP contribution >= 0.6 is 0 Å². The molecule has 4 heteroatoms. The molecule has 0 bridgehead atoms. The number of nitrogens with two attached hydrogens (primary N) is 1. The summed E-state index contributed by atoms with van der Waals surface area (Å²) in [6, 6.07) is 1.62. The molecule has 0 aliphatic carbocycles. The van der Waals surface area contributed by atoms with Crippen LogP contribution in [0.25, 0.3) is 0 Å². The predicted octanol–water partition coefficient (Wildman–Crippen LogP) is 0.485. The highest BCUT2D eigenvalue weighted by molar-refractivity contribution is 5.30. The molecule has 1 rings (SSSR count). The molecule has 1 aromatic rings. The summed E-state index contributed by atoms with van der Waals surface area (Å²) in [6.07, 6.45) is 6.14. The zero-order valence-electron chi connectivity index (χ0n) is 8.41. The summed E-state index contributed by atoms with van der Waals surface area (Å²) in [5.41, 5.74) is 5.23. The maximum atomic E-state index is 5.35. The van der Waals surface area contributed by atoms with Gasteiger partial charge < -0.3 is 0 Å². The zero-order chi connectivity index (χ0) is 10.6. The molecule has 74 valence electrons. The van der Waals surface area contributed by atoms with E-state index >= 15 is 0 Å². The van der Waals surface area contributed by atoms with Gasteiger partial charge in [0.15, 0.2) is 0 Å². The van der Waals surface area contributed by atoms with E-state index in [-0.39, 0.29) is 6.04 Å². The lowest BCUT2D eigenvalue weighted by Gasteiger charge is -2.12. The molecular formula is C10H14N4. The molecule has 1 aromatic heterocycles. The van der Waals surface area contributed by atoms with E-state index in [2.05, 4.69) is 21.5 Å². The van der Waals surface area contributed by atoms with E-state index < -0.39 is 0 Å². The minimum absolute atomic E-state index is 0.292. The highest BCUT2D eigenvalue weighted by Gasteiger charge is 2.12. The van der Waals surface area contributed by atoms with E-state index in [1.807, 2.05) is 19.9 Å². The Morgan fingerprint density at radius 3 is 2.86 bits per heavy atom. The molecule has 1 atom stereocenters. The van der Waals surface area contributed by atoms with Gasteiger partial charge in [0.25, 0.3) is 0 Å². The Morgan fingerprint density at radius 1 is 1.64 bits per heavy atom. The summed E-state index contributed by atoms with van der Waals surface area (Å²) >= 11 is 0. The maximum absolute atomic E-state index is 5.35. The number of nitrogens with one attached hydrogen (secondary N) is 1. The number of aromatic nitrogens is 2. The Morgan fingerprint density at radius 2 is 2.36 bits per heavy atom. The van der Waals surface area contributed by atoms with Crippen LogP contribution in [0.2, 0.25) is 0 Å². The fraction of sp³-hybridized carbons (Fsp3) is 0.400. The molecule has 0 spiro atoms. The van der Waals surface area contributed by atoms with Gasteiger partial charge in [-0.1, -0.05) is 12.8 Å². The van der Waals surface area contributed by atoms with Crippen LogP contribution in [-0.4, -0.2) is 10.2 Å². The van der Waals surface area contributed by atoms with Crippen LogP contribution in [0.5, 0.6) is 0 Å². The van der Waals surface area contributed by atoms with Crippen molar-refractivity contribution in [2.45, 2.75) is 26.3 Å². The van der Waals surface area contributed by atoms with Crippen molar-refractivity contribution in [2.24, 2.45) is 5.84 Å². The van der Waals surface area contributed by atoms with Crippen molar-refractivity contribution >= 4 is 0 Å². The standard InChI is InChI=1S/C10H14N4/c1-4-9(12-11)8-6-7(3)13-14-10(8)5-2/h1,6,9,12H,5,11H2,2-3H3. The largest absolute Gasteiger partial charge is 0.270 e. The first-order valence-corrected chi connectivity index (χ1v) is 4.48. The van der Waals surface area contributed by atoms with Gasteiger partial charge in [0.2, 0.25) is 0 Å². The lowest BCUT2D eigenvalue weighted by molar-refractivity contribution is 0.655. The van der Waals surface area contributed by atoms with Crippen molar-refractivity contribution in [3.8, 4) is 12.3 Å².